The topological polar surface area (TPSA) is 12.0 Å². The van der Waals surface area contributed by atoms with E-state index in [4.69, 9.17) is 0 Å². The summed E-state index contributed by atoms with van der Waals surface area (Å²) >= 11 is 12.5. The second-order valence-corrected chi connectivity index (χ2v) is 8.29. The van der Waals surface area contributed by atoms with Gasteiger partial charge in [-0.3, -0.25) is 0 Å². The Morgan fingerprint density at radius 1 is 1.15 bits per heavy atom. The van der Waals surface area contributed by atoms with Crippen molar-refractivity contribution in [1.29, 1.82) is 0 Å². The number of halogens is 3. The third-order valence-corrected chi connectivity index (χ3v) is 5.91. The SMILES string of the molecule is CCCNC(Cc1cc(Br)cs1)c1ccc(Br)cc1Br. The van der Waals surface area contributed by atoms with Crippen LogP contribution in [0.1, 0.15) is 29.8 Å². The van der Waals surface area contributed by atoms with Crippen LogP contribution in [0.5, 0.6) is 0 Å². The summed E-state index contributed by atoms with van der Waals surface area (Å²) in [5.41, 5.74) is 1.31. The van der Waals surface area contributed by atoms with E-state index in [1.807, 2.05) is 0 Å². The fraction of sp³-hybridized carbons (Fsp3) is 0.333. The maximum atomic E-state index is 3.68. The van der Waals surface area contributed by atoms with Gasteiger partial charge in [0.2, 0.25) is 0 Å². The first kappa shape index (κ1) is 16.7. The molecule has 1 aromatic carbocycles. The Kier molecular flexibility index (Phi) is 6.75. The standard InChI is InChI=1S/C15H16Br3NS/c1-2-5-19-15(8-12-6-11(17)9-20-12)13-4-3-10(16)7-14(13)18/h3-4,6-7,9,15,19H,2,5,8H2,1H3. The highest BCUT2D eigenvalue weighted by atomic mass is 79.9. The summed E-state index contributed by atoms with van der Waals surface area (Å²) < 4.78 is 3.42. The maximum absolute atomic E-state index is 3.68. The van der Waals surface area contributed by atoms with E-state index in [2.05, 4.69) is 89.7 Å². The minimum Gasteiger partial charge on any atom is -0.310 e. The van der Waals surface area contributed by atoms with Gasteiger partial charge in [-0.15, -0.1) is 11.3 Å². The quantitative estimate of drug-likeness (QED) is 0.509. The van der Waals surface area contributed by atoms with Crippen molar-refractivity contribution < 1.29 is 0 Å². The lowest BCUT2D eigenvalue weighted by Gasteiger charge is -2.20. The molecule has 0 aliphatic rings. The lowest BCUT2D eigenvalue weighted by atomic mass is 10.0. The summed E-state index contributed by atoms with van der Waals surface area (Å²) in [7, 11) is 0. The van der Waals surface area contributed by atoms with Crippen molar-refractivity contribution in [3.05, 3.63) is 53.5 Å². The predicted octanol–water partition coefficient (Wildman–Crippen LogP) is 6.32. The molecule has 20 heavy (non-hydrogen) atoms. The van der Waals surface area contributed by atoms with Gasteiger partial charge in [0.1, 0.15) is 0 Å². The van der Waals surface area contributed by atoms with Crippen LogP contribution in [0, 0.1) is 0 Å². The zero-order valence-corrected chi connectivity index (χ0v) is 16.7. The van der Waals surface area contributed by atoms with E-state index in [0.29, 0.717) is 6.04 Å². The molecule has 108 valence electrons. The van der Waals surface area contributed by atoms with E-state index >= 15 is 0 Å². The molecule has 1 heterocycles. The molecule has 0 bridgehead atoms. The average Bonchev–Trinajstić information content (AvgIpc) is 2.80. The van der Waals surface area contributed by atoms with Crippen molar-refractivity contribution in [2.75, 3.05) is 6.54 Å². The van der Waals surface area contributed by atoms with Crippen molar-refractivity contribution >= 4 is 59.1 Å². The minimum absolute atomic E-state index is 0.336. The molecular weight excluding hydrogens is 466 g/mol. The monoisotopic (exact) mass is 479 g/mol. The summed E-state index contributed by atoms with van der Waals surface area (Å²) in [5.74, 6) is 0. The third kappa shape index (κ3) is 4.67. The second kappa shape index (κ2) is 8.08. The minimum atomic E-state index is 0.336. The fourth-order valence-electron chi connectivity index (χ4n) is 2.06. The number of hydrogen-bond acceptors (Lipinski definition) is 2. The molecule has 1 atom stereocenters. The second-order valence-electron chi connectivity index (χ2n) is 4.61. The first-order valence-corrected chi connectivity index (χ1v) is 9.77. The smallest absolute Gasteiger partial charge is 0.0380 e. The van der Waals surface area contributed by atoms with Crippen molar-refractivity contribution in [2.45, 2.75) is 25.8 Å². The van der Waals surface area contributed by atoms with Gasteiger partial charge < -0.3 is 5.32 Å². The van der Waals surface area contributed by atoms with Crippen LogP contribution in [0.3, 0.4) is 0 Å². The summed E-state index contributed by atoms with van der Waals surface area (Å²) in [4.78, 5) is 1.39. The molecule has 1 aromatic heterocycles. The molecule has 0 saturated carbocycles. The van der Waals surface area contributed by atoms with Crippen molar-refractivity contribution in [3.8, 4) is 0 Å². The summed E-state index contributed by atoms with van der Waals surface area (Å²) in [5, 5.41) is 5.79. The largest absolute Gasteiger partial charge is 0.310 e. The van der Waals surface area contributed by atoms with Crippen LogP contribution in [0.2, 0.25) is 0 Å². The van der Waals surface area contributed by atoms with E-state index in [-0.39, 0.29) is 0 Å². The molecule has 2 rings (SSSR count). The lowest BCUT2D eigenvalue weighted by molar-refractivity contribution is 0.530. The Balaban J connectivity index is 2.22. The van der Waals surface area contributed by atoms with E-state index < -0.39 is 0 Å². The number of thiophene rings is 1. The average molecular weight is 482 g/mol. The Morgan fingerprint density at radius 3 is 2.55 bits per heavy atom. The van der Waals surface area contributed by atoms with Crippen molar-refractivity contribution in [3.63, 3.8) is 0 Å². The Hall–Kier alpha value is 0.320. The molecule has 0 fully saturated rings. The van der Waals surface area contributed by atoms with E-state index in [0.717, 1.165) is 28.3 Å². The molecule has 1 N–H and O–H groups in total. The molecular formula is C15H16Br3NS. The summed E-state index contributed by atoms with van der Waals surface area (Å²) in [6.07, 6.45) is 2.15. The van der Waals surface area contributed by atoms with Crippen LogP contribution < -0.4 is 5.32 Å². The fourth-order valence-corrected chi connectivity index (χ4v) is 4.88. The molecule has 5 heteroatoms. The Bertz CT molecular complexity index is 568. The van der Waals surface area contributed by atoms with Crippen molar-refractivity contribution in [1.82, 2.24) is 5.32 Å². The molecule has 1 nitrogen and oxygen atoms in total. The van der Waals surface area contributed by atoms with Crippen molar-refractivity contribution in [2.24, 2.45) is 0 Å². The maximum Gasteiger partial charge on any atom is 0.0380 e. The number of rotatable bonds is 6. The third-order valence-electron chi connectivity index (χ3n) is 3.01. The first-order chi connectivity index (χ1) is 9.60. The molecule has 0 saturated heterocycles. The van der Waals surface area contributed by atoms with Gasteiger partial charge in [0, 0.05) is 36.1 Å². The highest BCUT2D eigenvalue weighted by Crippen LogP contribution is 2.31. The van der Waals surface area contributed by atoms with E-state index in [1.165, 1.54) is 14.9 Å². The normalized spacial score (nSPS) is 12.6. The van der Waals surface area contributed by atoms with Gasteiger partial charge >= 0.3 is 0 Å². The molecule has 1 unspecified atom stereocenters. The van der Waals surface area contributed by atoms with Gasteiger partial charge in [0.05, 0.1) is 0 Å². The zero-order chi connectivity index (χ0) is 14.5. The van der Waals surface area contributed by atoms with Crippen LogP contribution in [0.15, 0.2) is 43.1 Å². The van der Waals surface area contributed by atoms with Crippen LogP contribution in [-0.2, 0) is 6.42 Å². The highest BCUT2D eigenvalue weighted by Gasteiger charge is 2.15. The van der Waals surface area contributed by atoms with Gasteiger partial charge in [-0.2, -0.15) is 0 Å². The number of nitrogens with one attached hydrogen (secondary N) is 1. The molecule has 0 spiro atoms. The predicted molar refractivity (Wildman–Crippen MR) is 98.6 cm³/mol. The first-order valence-electron chi connectivity index (χ1n) is 6.51. The van der Waals surface area contributed by atoms with Gasteiger partial charge in [-0.05, 0) is 52.7 Å². The molecule has 2 aromatic rings. The molecule has 0 radical (unpaired) electrons. The van der Waals surface area contributed by atoms with Crippen LogP contribution in [-0.4, -0.2) is 6.54 Å². The van der Waals surface area contributed by atoms with Gasteiger partial charge in [0.25, 0.3) is 0 Å². The van der Waals surface area contributed by atoms with Gasteiger partial charge in [-0.25, -0.2) is 0 Å². The molecule has 0 aliphatic heterocycles. The Morgan fingerprint density at radius 2 is 1.95 bits per heavy atom. The van der Waals surface area contributed by atoms with E-state index in [9.17, 15) is 0 Å². The lowest BCUT2D eigenvalue weighted by Crippen LogP contribution is -2.24. The molecule has 0 amide bonds. The number of benzene rings is 1. The highest BCUT2D eigenvalue weighted by molar-refractivity contribution is 9.11. The molecule has 0 aliphatic carbocycles. The zero-order valence-electron chi connectivity index (χ0n) is 11.1. The van der Waals surface area contributed by atoms with Crippen LogP contribution in [0.4, 0.5) is 0 Å². The van der Waals surface area contributed by atoms with Gasteiger partial charge in [0.15, 0.2) is 0 Å². The van der Waals surface area contributed by atoms with Crippen LogP contribution >= 0.6 is 59.1 Å². The van der Waals surface area contributed by atoms with Gasteiger partial charge in [-0.1, -0.05) is 44.8 Å². The summed E-state index contributed by atoms with van der Waals surface area (Å²) in [6, 6.07) is 8.94. The van der Waals surface area contributed by atoms with Crippen LogP contribution in [0.25, 0.3) is 0 Å². The number of hydrogen-bond donors (Lipinski definition) is 1. The summed E-state index contributed by atoms with van der Waals surface area (Å²) in [6.45, 7) is 3.22. The van der Waals surface area contributed by atoms with E-state index in [1.54, 1.807) is 11.3 Å². The Labute approximate surface area is 149 Å².